The normalized spacial score (nSPS) is 11.6. The second-order valence-electron chi connectivity index (χ2n) is 7.29. The number of hydrogen-bond acceptors (Lipinski definition) is 5. The molecule has 1 N–H and O–H groups in total. The molecule has 0 atom stereocenters. The lowest BCUT2D eigenvalue weighted by molar-refractivity contribution is 0.0929. The number of methoxy groups -OCH3 is 1. The van der Waals surface area contributed by atoms with E-state index in [4.69, 9.17) is 25.5 Å². The molecule has 0 spiro atoms. The van der Waals surface area contributed by atoms with E-state index in [-0.39, 0.29) is 5.76 Å². The van der Waals surface area contributed by atoms with Crippen molar-refractivity contribution in [2.75, 3.05) is 20.3 Å². The van der Waals surface area contributed by atoms with Crippen molar-refractivity contribution in [3.8, 4) is 5.75 Å². The molecule has 0 aliphatic rings. The summed E-state index contributed by atoms with van der Waals surface area (Å²) in [6.07, 6.45) is 1.54. The zero-order chi connectivity index (χ0) is 22.7. The van der Waals surface area contributed by atoms with Crippen LogP contribution in [0, 0.1) is 6.92 Å². The lowest BCUT2D eigenvalue weighted by Crippen LogP contribution is -2.16. The zero-order valence-electron chi connectivity index (χ0n) is 18.1. The number of halogens is 1. The second-order valence-corrected chi connectivity index (χ2v) is 7.65. The van der Waals surface area contributed by atoms with Crippen LogP contribution in [0.25, 0.3) is 21.9 Å². The molecule has 166 valence electrons. The first-order valence-electron chi connectivity index (χ1n) is 10.3. The third-order valence-electron chi connectivity index (χ3n) is 5.16. The highest BCUT2D eigenvalue weighted by atomic mass is 35.5. The second kappa shape index (κ2) is 9.46. The van der Waals surface area contributed by atoms with Crippen LogP contribution in [0.2, 0.25) is 5.15 Å². The number of nitrogens with one attached hydrogen (secondary N) is 1. The summed E-state index contributed by atoms with van der Waals surface area (Å²) in [7, 11) is 1.62. The Hall–Kier alpha value is -3.29. The van der Waals surface area contributed by atoms with Crippen molar-refractivity contribution in [2.45, 2.75) is 20.4 Å². The van der Waals surface area contributed by atoms with Gasteiger partial charge in [0.25, 0.3) is 0 Å². The van der Waals surface area contributed by atoms with Gasteiger partial charge in [0.1, 0.15) is 16.5 Å². The van der Waals surface area contributed by atoms with E-state index in [0.717, 1.165) is 27.6 Å². The van der Waals surface area contributed by atoms with Crippen molar-refractivity contribution < 1.29 is 18.7 Å². The fourth-order valence-corrected chi connectivity index (χ4v) is 3.90. The van der Waals surface area contributed by atoms with Crippen molar-refractivity contribution in [1.29, 1.82) is 0 Å². The molecule has 2 aromatic carbocycles. The molecule has 0 radical (unpaired) electrons. The van der Waals surface area contributed by atoms with E-state index in [9.17, 15) is 4.79 Å². The highest BCUT2D eigenvalue weighted by Crippen LogP contribution is 2.31. The molecule has 2 heterocycles. The standard InChI is InChI=1S/C24H24ClN3O4/c1-4-31-10-9-28-20-13-17(30-3)6-7-18(20)19(23(28)25)14-26-27-24(29)22-12-16-11-15(2)5-8-21(16)32-22/h5-8,11-14H,4,9-10H2,1-3H3,(H,27,29)/b26-14+. The van der Waals surface area contributed by atoms with Crippen molar-refractivity contribution in [3.63, 3.8) is 0 Å². The molecule has 0 fully saturated rings. The minimum absolute atomic E-state index is 0.192. The molecule has 2 aromatic heterocycles. The maximum absolute atomic E-state index is 12.5. The van der Waals surface area contributed by atoms with E-state index in [1.54, 1.807) is 19.4 Å². The Labute approximate surface area is 190 Å². The van der Waals surface area contributed by atoms with Crippen LogP contribution >= 0.6 is 11.6 Å². The summed E-state index contributed by atoms with van der Waals surface area (Å²) in [4.78, 5) is 12.5. The molecule has 7 nitrogen and oxygen atoms in total. The molecule has 0 bridgehead atoms. The van der Waals surface area contributed by atoms with Gasteiger partial charge in [-0.3, -0.25) is 4.79 Å². The molecule has 0 saturated carbocycles. The number of carbonyl (C=O) groups is 1. The molecule has 0 unspecified atom stereocenters. The van der Waals surface area contributed by atoms with Gasteiger partial charge in [0.2, 0.25) is 0 Å². The number of aromatic nitrogens is 1. The fraction of sp³-hybridized carbons (Fsp3) is 0.250. The number of rotatable bonds is 8. The molecular weight excluding hydrogens is 430 g/mol. The van der Waals surface area contributed by atoms with Gasteiger partial charge in [0.05, 0.1) is 25.4 Å². The summed E-state index contributed by atoms with van der Waals surface area (Å²) < 4.78 is 18.4. The third-order valence-corrected chi connectivity index (χ3v) is 5.57. The summed E-state index contributed by atoms with van der Waals surface area (Å²) in [5.74, 6) is 0.479. The monoisotopic (exact) mass is 453 g/mol. The number of hydrogen-bond donors (Lipinski definition) is 1. The van der Waals surface area contributed by atoms with E-state index >= 15 is 0 Å². The Balaban J connectivity index is 1.59. The summed E-state index contributed by atoms with van der Waals surface area (Å²) in [5.41, 5.74) is 5.86. The van der Waals surface area contributed by atoms with Gasteiger partial charge < -0.3 is 18.5 Å². The number of ether oxygens (including phenoxy) is 2. The number of nitrogens with zero attached hydrogens (tertiary/aromatic N) is 2. The van der Waals surface area contributed by atoms with Crippen LogP contribution in [-0.2, 0) is 11.3 Å². The van der Waals surface area contributed by atoms with Gasteiger partial charge in [-0.05, 0) is 44.2 Å². The van der Waals surface area contributed by atoms with Crippen LogP contribution in [0.4, 0.5) is 0 Å². The Morgan fingerprint density at radius 2 is 2.09 bits per heavy atom. The highest BCUT2D eigenvalue weighted by Gasteiger charge is 2.16. The predicted octanol–water partition coefficient (Wildman–Crippen LogP) is 5.16. The Morgan fingerprint density at radius 1 is 1.25 bits per heavy atom. The van der Waals surface area contributed by atoms with Crippen LogP contribution in [-0.4, -0.2) is 37.0 Å². The summed E-state index contributed by atoms with van der Waals surface area (Å²) >= 11 is 6.67. The molecule has 0 saturated heterocycles. The quantitative estimate of drug-likeness (QED) is 0.227. The van der Waals surface area contributed by atoms with Gasteiger partial charge in [-0.15, -0.1) is 0 Å². The summed E-state index contributed by atoms with van der Waals surface area (Å²) in [5, 5.41) is 6.39. The number of carbonyl (C=O) groups excluding carboxylic acids is 1. The smallest absolute Gasteiger partial charge is 0.307 e. The van der Waals surface area contributed by atoms with E-state index in [1.165, 1.54) is 0 Å². The van der Waals surface area contributed by atoms with E-state index in [2.05, 4.69) is 10.5 Å². The molecule has 8 heteroatoms. The fourth-order valence-electron chi connectivity index (χ4n) is 3.58. The first kappa shape index (κ1) is 21.9. The van der Waals surface area contributed by atoms with Gasteiger partial charge in [-0.25, -0.2) is 5.43 Å². The van der Waals surface area contributed by atoms with Crippen LogP contribution < -0.4 is 10.2 Å². The lowest BCUT2D eigenvalue weighted by Gasteiger charge is -2.08. The van der Waals surface area contributed by atoms with Crippen LogP contribution in [0.1, 0.15) is 28.6 Å². The minimum atomic E-state index is -0.437. The van der Waals surface area contributed by atoms with Gasteiger partial charge in [-0.1, -0.05) is 23.2 Å². The van der Waals surface area contributed by atoms with Crippen LogP contribution in [0.3, 0.4) is 0 Å². The predicted molar refractivity (Wildman–Crippen MR) is 126 cm³/mol. The van der Waals surface area contributed by atoms with Crippen molar-refractivity contribution in [3.05, 3.63) is 64.5 Å². The maximum Gasteiger partial charge on any atom is 0.307 e. The Morgan fingerprint density at radius 3 is 2.88 bits per heavy atom. The van der Waals surface area contributed by atoms with Crippen molar-refractivity contribution in [1.82, 2.24) is 9.99 Å². The largest absolute Gasteiger partial charge is 0.497 e. The summed E-state index contributed by atoms with van der Waals surface area (Å²) in [6, 6.07) is 13.1. The maximum atomic E-state index is 12.5. The van der Waals surface area contributed by atoms with Gasteiger partial charge in [0.15, 0.2) is 5.76 Å². The van der Waals surface area contributed by atoms with E-state index < -0.39 is 5.91 Å². The molecule has 32 heavy (non-hydrogen) atoms. The first-order valence-corrected chi connectivity index (χ1v) is 10.7. The average Bonchev–Trinajstić information content (AvgIpc) is 3.32. The topological polar surface area (TPSA) is 78.0 Å². The van der Waals surface area contributed by atoms with Gasteiger partial charge in [0, 0.05) is 35.6 Å². The van der Waals surface area contributed by atoms with Gasteiger partial charge in [-0.2, -0.15) is 5.10 Å². The Kier molecular flexibility index (Phi) is 6.48. The number of benzene rings is 2. The highest BCUT2D eigenvalue weighted by molar-refractivity contribution is 6.34. The number of aryl methyl sites for hydroxylation is 1. The SMILES string of the molecule is CCOCCn1c(Cl)c(/C=N/NC(=O)c2cc3cc(C)ccc3o2)c2ccc(OC)cc21. The lowest BCUT2D eigenvalue weighted by atomic mass is 10.2. The minimum Gasteiger partial charge on any atom is -0.497 e. The summed E-state index contributed by atoms with van der Waals surface area (Å²) in [6.45, 7) is 5.66. The van der Waals surface area contributed by atoms with Gasteiger partial charge >= 0.3 is 5.91 Å². The average molecular weight is 454 g/mol. The molecular formula is C24H24ClN3O4. The van der Waals surface area contributed by atoms with E-state index in [0.29, 0.717) is 36.1 Å². The van der Waals surface area contributed by atoms with E-state index in [1.807, 2.05) is 54.8 Å². The molecule has 0 aliphatic carbocycles. The molecule has 1 amide bonds. The third kappa shape index (κ3) is 4.35. The number of amides is 1. The number of fused-ring (bicyclic) bond motifs is 2. The number of hydrazone groups is 1. The Bertz CT molecular complexity index is 1310. The first-order chi connectivity index (χ1) is 15.5. The van der Waals surface area contributed by atoms with Crippen LogP contribution in [0.15, 0.2) is 52.0 Å². The molecule has 4 aromatic rings. The zero-order valence-corrected chi connectivity index (χ0v) is 18.9. The number of furan rings is 1. The molecule has 0 aliphatic heterocycles. The molecule has 4 rings (SSSR count). The van der Waals surface area contributed by atoms with Crippen molar-refractivity contribution >= 4 is 45.6 Å². The van der Waals surface area contributed by atoms with Crippen LogP contribution in [0.5, 0.6) is 5.75 Å². The van der Waals surface area contributed by atoms with Crippen molar-refractivity contribution in [2.24, 2.45) is 5.10 Å².